The van der Waals surface area contributed by atoms with Crippen LogP contribution in [-0.2, 0) is 16.1 Å². The molecule has 0 saturated carbocycles. The summed E-state index contributed by atoms with van der Waals surface area (Å²) in [6.07, 6.45) is 6.95. The van der Waals surface area contributed by atoms with Gasteiger partial charge in [-0.25, -0.2) is 0 Å². The van der Waals surface area contributed by atoms with Crippen molar-refractivity contribution in [2.75, 3.05) is 38.3 Å². The van der Waals surface area contributed by atoms with Crippen LogP contribution in [0.15, 0.2) is 72.9 Å². The number of hydrogen-bond acceptors (Lipinski definition) is 6. The second-order valence-electron chi connectivity index (χ2n) is 9.10. The van der Waals surface area contributed by atoms with E-state index in [0.29, 0.717) is 19.6 Å². The minimum absolute atomic E-state index is 0.00887. The lowest BCUT2D eigenvalue weighted by Crippen LogP contribution is -2.48. The highest BCUT2D eigenvalue weighted by Crippen LogP contribution is 2.29. The lowest BCUT2D eigenvalue weighted by Gasteiger charge is -2.28. The van der Waals surface area contributed by atoms with Crippen LogP contribution < -0.4 is 10.2 Å². The lowest BCUT2D eigenvalue weighted by molar-refractivity contribution is -0.118. The SMILES string of the molecule is CO[C@@H](c1ccc(N2CCNCC2=O)cc1)[C@@H](C)/C=C/CCn1cc(C(CO)c2ccccc2)nn1. The molecule has 1 saturated heterocycles. The molecule has 1 unspecified atom stereocenters. The molecular weight excluding hydrogens is 454 g/mol. The number of hydrogen-bond donors (Lipinski definition) is 2. The first-order chi connectivity index (χ1) is 17.6. The standard InChI is InChI=1S/C28H35N5O3/c1-21(28(36-2)23-11-13-24(14-12-23)33-17-15-29-18-27(33)35)8-6-7-16-32-19-26(30-31-32)25(20-34)22-9-4-3-5-10-22/h3-6,8-14,19,21,25,28-29,34H,7,15-18,20H2,1-2H3/b8-6+/t21-,25?,28+/m0/s1. The number of amides is 1. The number of piperazine rings is 1. The van der Waals surface area contributed by atoms with Crippen molar-refractivity contribution in [3.05, 3.63) is 89.8 Å². The molecule has 190 valence electrons. The molecule has 0 bridgehead atoms. The van der Waals surface area contributed by atoms with Crippen molar-refractivity contribution in [1.29, 1.82) is 0 Å². The summed E-state index contributed by atoms with van der Waals surface area (Å²) in [5.74, 6) is 0.0962. The number of aromatic nitrogens is 3. The third kappa shape index (κ3) is 6.26. The zero-order chi connectivity index (χ0) is 25.3. The molecule has 2 aromatic carbocycles. The predicted molar refractivity (Wildman–Crippen MR) is 140 cm³/mol. The van der Waals surface area contributed by atoms with Crippen LogP contribution in [0.4, 0.5) is 5.69 Å². The molecule has 4 rings (SSSR count). The van der Waals surface area contributed by atoms with Gasteiger partial charge in [0.1, 0.15) is 0 Å². The second kappa shape index (κ2) is 12.6. The Kier molecular flexibility index (Phi) is 9.00. The van der Waals surface area contributed by atoms with E-state index in [4.69, 9.17) is 4.74 Å². The Labute approximate surface area is 212 Å². The zero-order valence-corrected chi connectivity index (χ0v) is 21.0. The number of nitrogens with one attached hydrogen (secondary N) is 1. The van der Waals surface area contributed by atoms with Gasteiger partial charge in [-0.05, 0) is 29.7 Å². The van der Waals surface area contributed by atoms with Gasteiger partial charge >= 0.3 is 0 Å². The van der Waals surface area contributed by atoms with Crippen LogP contribution in [0.3, 0.4) is 0 Å². The summed E-state index contributed by atoms with van der Waals surface area (Å²) < 4.78 is 7.63. The Morgan fingerprint density at radius 2 is 1.92 bits per heavy atom. The van der Waals surface area contributed by atoms with E-state index in [1.807, 2.05) is 70.4 Å². The van der Waals surface area contributed by atoms with E-state index in [1.165, 1.54) is 0 Å². The molecule has 0 spiro atoms. The van der Waals surface area contributed by atoms with Gasteiger partial charge in [0, 0.05) is 44.5 Å². The Bertz CT molecular complexity index is 1130. The minimum Gasteiger partial charge on any atom is -0.395 e. The van der Waals surface area contributed by atoms with Gasteiger partial charge < -0.3 is 20.1 Å². The van der Waals surface area contributed by atoms with Gasteiger partial charge in [0.05, 0.1) is 30.9 Å². The number of methoxy groups -OCH3 is 1. The lowest BCUT2D eigenvalue weighted by atomic mass is 9.96. The Balaban J connectivity index is 1.31. The molecule has 3 atom stereocenters. The van der Waals surface area contributed by atoms with Gasteiger partial charge in [0.25, 0.3) is 0 Å². The number of aliphatic hydroxyl groups is 1. The van der Waals surface area contributed by atoms with Crippen molar-refractivity contribution in [2.45, 2.75) is 31.9 Å². The number of ether oxygens (including phenoxy) is 1. The maximum absolute atomic E-state index is 12.2. The number of carbonyl (C=O) groups excluding carboxylic acids is 1. The van der Waals surface area contributed by atoms with Crippen molar-refractivity contribution < 1.29 is 14.6 Å². The molecule has 1 aliphatic heterocycles. The molecule has 1 amide bonds. The summed E-state index contributed by atoms with van der Waals surface area (Å²) in [4.78, 5) is 14.0. The number of benzene rings is 2. The summed E-state index contributed by atoms with van der Waals surface area (Å²) in [5.41, 5.74) is 3.80. The van der Waals surface area contributed by atoms with Crippen LogP contribution in [0, 0.1) is 5.92 Å². The normalized spacial score (nSPS) is 16.9. The van der Waals surface area contributed by atoms with Crippen molar-refractivity contribution in [1.82, 2.24) is 20.3 Å². The topological polar surface area (TPSA) is 92.5 Å². The van der Waals surface area contributed by atoms with Gasteiger partial charge in [-0.3, -0.25) is 9.48 Å². The maximum Gasteiger partial charge on any atom is 0.240 e. The number of aryl methyl sites for hydroxylation is 1. The quantitative estimate of drug-likeness (QED) is 0.402. The molecule has 0 radical (unpaired) electrons. The van der Waals surface area contributed by atoms with Gasteiger partial charge in [-0.2, -0.15) is 0 Å². The highest BCUT2D eigenvalue weighted by Gasteiger charge is 2.21. The smallest absolute Gasteiger partial charge is 0.240 e. The van der Waals surface area contributed by atoms with Crippen LogP contribution in [0.25, 0.3) is 0 Å². The fraction of sp³-hybridized carbons (Fsp3) is 0.393. The molecular formula is C28H35N5O3. The van der Waals surface area contributed by atoms with Crippen LogP contribution in [0.5, 0.6) is 0 Å². The molecule has 3 aromatic rings. The first-order valence-electron chi connectivity index (χ1n) is 12.5. The summed E-state index contributed by atoms with van der Waals surface area (Å²) >= 11 is 0. The Morgan fingerprint density at radius 1 is 1.14 bits per heavy atom. The average Bonchev–Trinajstić information content (AvgIpc) is 3.37. The van der Waals surface area contributed by atoms with E-state index in [1.54, 1.807) is 7.11 Å². The number of anilines is 1. The third-order valence-corrected chi connectivity index (χ3v) is 6.62. The second-order valence-corrected chi connectivity index (χ2v) is 9.10. The van der Waals surface area contributed by atoms with Crippen LogP contribution in [-0.4, -0.2) is 59.4 Å². The summed E-state index contributed by atoms with van der Waals surface area (Å²) in [6.45, 7) is 4.71. The van der Waals surface area contributed by atoms with E-state index in [-0.39, 0.29) is 30.5 Å². The first kappa shape index (κ1) is 25.8. The van der Waals surface area contributed by atoms with Gasteiger partial charge in [0.15, 0.2) is 0 Å². The molecule has 8 nitrogen and oxygen atoms in total. The van der Waals surface area contributed by atoms with Crippen molar-refractivity contribution in [3.63, 3.8) is 0 Å². The number of allylic oxidation sites excluding steroid dienone is 1. The molecule has 2 N–H and O–H groups in total. The van der Waals surface area contributed by atoms with E-state index >= 15 is 0 Å². The monoisotopic (exact) mass is 489 g/mol. The molecule has 0 aliphatic carbocycles. The molecule has 1 fully saturated rings. The first-order valence-corrected chi connectivity index (χ1v) is 12.5. The largest absolute Gasteiger partial charge is 0.395 e. The van der Waals surface area contributed by atoms with Crippen molar-refractivity contribution in [3.8, 4) is 0 Å². The van der Waals surface area contributed by atoms with Crippen LogP contribution in [0.1, 0.15) is 42.2 Å². The molecule has 1 aromatic heterocycles. The minimum atomic E-state index is -0.172. The van der Waals surface area contributed by atoms with Crippen molar-refractivity contribution >= 4 is 11.6 Å². The average molecular weight is 490 g/mol. The Hall–Kier alpha value is -3.33. The van der Waals surface area contributed by atoms with E-state index in [2.05, 4.69) is 34.7 Å². The van der Waals surface area contributed by atoms with Crippen molar-refractivity contribution in [2.24, 2.45) is 5.92 Å². The van der Waals surface area contributed by atoms with E-state index in [0.717, 1.165) is 35.5 Å². The molecule has 36 heavy (non-hydrogen) atoms. The molecule has 8 heteroatoms. The fourth-order valence-corrected chi connectivity index (χ4v) is 4.63. The van der Waals surface area contributed by atoms with Gasteiger partial charge in [-0.15, -0.1) is 5.10 Å². The number of aliphatic hydroxyl groups excluding tert-OH is 1. The zero-order valence-electron chi connectivity index (χ0n) is 21.0. The van der Waals surface area contributed by atoms with E-state index < -0.39 is 0 Å². The number of rotatable bonds is 11. The fourth-order valence-electron chi connectivity index (χ4n) is 4.63. The highest BCUT2D eigenvalue weighted by molar-refractivity contribution is 5.95. The van der Waals surface area contributed by atoms with E-state index in [9.17, 15) is 9.90 Å². The summed E-state index contributed by atoms with van der Waals surface area (Å²) in [5, 5.41) is 21.5. The van der Waals surface area contributed by atoms with Gasteiger partial charge in [0.2, 0.25) is 5.91 Å². The highest BCUT2D eigenvalue weighted by atomic mass is 16.5. The number of carbonyl (C=O) groups is 1. The summed E-state index contributed by atoms with van der Waals surface area (Å²) in [7, 11) is 1.73. The molecule has 1 aliphatic rings. The molecule has 2 heterocycles. The predicted octanol–water partition coefficient (Wildman–Crippen LogP) is 3.31. The van der Waals surface area contributed by atoms with Crippen LogP contribution >= 0.6 is 0 Å². The number of nitrogens with zero attached hydrogens (tertiary/aromatic N) is 4. The van der Waals surface area contributed by atoms with Gasteiger partial charge in [-0.1, -0.05) is 66.8 Å². The summed E-state index contributed by atoms with van der Waals surface area (Å²) in [6, 6.07) is 18.0. The maximum atomic E-state index is 12.2. The third-order valence-electron chi connectivity index (χ3n) is 6.62. The van der Waals surface area contributed by atoms with Crippen LogP contribution in [0.2, 0.25) is 0 Å². The Morgan fingerprint density at radius 3 is 2.61 bits per heavy atom.